The van der Waals surface area contributed by atoms with E-state index in [0.29, 0.717) is 19.2 Å². The van der Waals surface area contributed by atoms with Gasteiger partial charge in [-0.3, -0.25) is 0 Å². The lowest BCUT2D eigenvalue weighted by atomic mass is 10.1. The number of ether oxygens (including phenoxy) is 4. The highest BCUT2D eigenvalue weighted by molar-refractivity contribution is 5.39. The molecule has 2 rings (SSSR count). The van der Waals surface area contributed by atoms with Crippen LogP contribution in [0.25, 0.3) is 0 Å². The van der Waals surface area contributed by atoms with Crippen molar-refractivity contribution in [3.63, 3.8) is 0 Å². The second-order valence-corrected chi connectivity index (χ2v) is 5.64. The van der Waals surface area contributed by atoms with Crippen LogP contribution in [-0.2, 0) is 16.1 Å². The molecular formula is C17H27NO5. The third-order valence-corrected chi connectivity index (χ3v) is 3.92. The van der Waals surface area contributed by atoms with Crippen LogP contribution in [-0.4, -0.2) is 57.8 Å². The van der Waals surface area contributed by atoms with Gasteiger partial charge in [-0.1, -0.05) is 0 Å². The van der Waals surface area contributed by atoms with Gasteiger partial charge in [-0.25, -0.2) is 0 Å². The third kappa shape index (κ3) is 5.99. The molecule has 0 saturated carbocycles. The molecule has 0 bridgehead atoms. The Bertz CT molecular complexity index is 462. The minimum atomic E-state index is -0.533. The normalized spacial score (nSPS) is 17.0. The first-order chi connectivity index (χ1) is 11.2. The van der Waals surface area contributed by atoms with Crippen molar-refractivity contribution in [3.8, 4) is 11.5 Å². The number of methoxy groups -OCH3 is 2. The fourth-order valence-corrected chi connectivity index (χ4v) is 2.56. The number of aliphatic hydroxyl groups is 1. The molecule has 1 aromatic carbocycles. The molecule has 1 atom stereocenters. The van der Waals surface area contributed by atoms with E-state index in [-0.39, 0.29) is 6.61 Å². The van der Waals surface area contributed by atoms with Gasteiger partial charge in [0.25, 0.3) is 0 Å². The van der Waals surface area contributed by atoms with Crippen molar-refractivity contribution in [2.24, 2.45) is 0 Å². The van der Waals surface area contributed by atoms with Crippen molar-refractivity contribution < 1.29 is 24.1 Å². The summed E-state index contributed by atoms with van der Waals surface area (Å²) >= 11 is 0. The quantitative estimate of drug-likeness (QED) is 0.714. The lowest BCUT2D eigenvalue weighted by molar-refractivity contribution is 0.0223. The van der Waals surface area contributed by atoms with E-state index < -0.39 is 6.10 Å². The Morgan fingerprint density at radius 1 is 1.26 bits per heavy atom. The summed E-state index contributed by atoms with van der Waals surface area (Å²) in [4.78, 5) is 0. The highest BCUT2D eigenvalue weighted by Crippen LogP contribution is 2.24. The molecule has 23 heavy (non-hydrogen) atoms. The molecule has 0 aliphatic carbocycles. The topological polar surface area (TPSA) is 69.2 Å². The predicted octanol–water partition coefficient (Wildman–Crippen LogP) is 1.35. The van der Waals surface area contributed by atoms with Crippen LogP contribution in [0.3, 0.4) is 0 Å². The molecule has 0 spiro atoms. The Morgan fingerprint density at radius 2 is 2.04 bits per heavy atom. The van der Waals surface area contributed by atoms with Crippen LogP contribution in [0.2, 0.25) is 0 Å². The number of hydrogen-bond donors (Lipinski definition) is 2. The number of aliphatic hydroxyl groups excluding tert-OH is 1. The van der Waals surface area contributed by atoms with Gasteiger partial charge >= 0.3 is 0 Å². The molecule has 1 aliphatic heterocycles. The fraction of sp³-hybridized carbons (Fsp3) is 0.647. The highest BCUT2D eigenvalue weighted by Gasteiger charge is 2.15. The van der Waals surface area contributed by atoms with Crippen LogP contribution < -0.4 is 14.8 Å². The zero-order valence-corrected chi connectivity index (χ0v) is 13.9. The van der Waals surface area contributed by atoms with Gasteiger partial charge in [0.2, 0.25) is 0 Å². The molecule has 1 aliphatic rings. The monoisotopic (exact) mass is 325 g/mol. The molecular weight excluding hydrogens is 298 g/mol. The van der Waals surface area contributed by atoms with Crippen LogP contribution in [0.4, 0.5) is 0 Å². The van der Waals surface area contributed by atoms with E-state index in [4.69, 9.17) is 18.9 Å². The first-order valence-electron chi connectivity index (χ1n) is 8.00. The second kappa shape index (κ2) is 9.72. The SMILES string of the molecule is COc1ccc(OC)c(COCC(O)CNC2CCOCC2)c1. The summed E-state index contributed by atoms with van der Waals surface area (Å²) < 4.78 is 21.4. The first-order valence-corrected chi connectivity index (χ1v) is 8.00. The molecule has 1 fully saturated rings. The molecule has 0 radical (unpaired) electrons. The summed E-state index contributed by atoms with van der Waals surface area (Å²) in [7, 11) is 3.25. The van der Waals surface area contributed by atoms with Crippen molar-refractivity contribution in [2.75, 3.05) is 40.6 Å². The number of rotatable bonds is 9. The van der Waals surface area contributed by atoms with E-state index in [9.17, 15) is 5.11 Å². The molecule has 1 aromatic rings. The zero-order valence-electron chi connectivity index (χ0n) is 13.9. The smallest absolute Gasteiger partial charge is 0.124 e. The predicted molar refractivity (Wildman–Crippen MR) is 87.1 cm³/mol. The zero-order chi connectivity index (χ0) is 16.5. The summed E-state index contributed by atoms with van der Waals surface area (Å²) in [5.74, 6) is 1.51. The number of hydrogen-bond acceptors (Lipinski definition) is 6. The van der Waals surface area contributed by atoms with Crippen molar-refractivity contribution in [1.29, 1.82) is 0 Å². The van der Waals surface area contributed by atoms with Crippen molar-refractivity contribution >= 4 is 0 Å². The molecule has 0 amide bonds. The molecule has 1 saturated heterocycles. The van der Waals surface area contributed by atoms with Crippen LogP contribution in [0.5, 0.6) is 11.5 Å². The second-order valence-electron chi connectivity index (χ2n) is 5.64. The maximum atomic E-state index is 10.0. The Morgan fingerprint density at radius 3 is 2.74 bits per heavy atom. The minimum Gasteiger partial charge on any atom is -0.497 e. The molecule has 130 valence electrons. The largest absolute Gasteiger partial charge is 0.497 e. The minimum absolute atomic E-state index is 0.274. The Labute approximate surface area is 137 Å². The summed E-state index contributed by atoms with van der Waals surface area (Å²) in [5, 5.41) is 13.4. The first kappa shape index (κ1) is 18.0. The van der Waals surface area contributed by atoms with Gasteiger partial charge in [-0.2, -0.15) is 0 Å². The average molecular weight is 325 g/mol. The summed E-state index contributed by atoms with van der Waals surface area (Å²) in [5.41, 5.74) is 0.899. The lowest BCUT2D eigenvalue weighted by Crippen LogP contribution is -2.40. The fourth-order valence-electron chi connectivity index (χ4n) is 2.56. The maximum Gasteiger partial charge on any atom is 0.124 e. The van der Waals surface area contributed by atoms with Gasteiger partial charge in [0.05, 0.1) is 33.5 Å². The molecule has 1 heterocycles. The molecule has 6 nitrogen and oxygen atoms in total. The average Bonchev–Trinajstić information content (AvgIpc) is 2.60. The number of nitrogens with one attached hydrogen (secondary N) is 1. The summed E-state index contributed by atoms with van der Waals surface area (Å²) in [6.45, 7) is 2.75. The Kier molecular flexibility index (Phi) is 7.61. The summed E-state index contributed by atoms with van der Waals surface area (Å²) in [6, 6.07) is 6.00. The van der Waals surface area contributed by atoms with Crippen molar-refractivity contribution in [1.82, 2.24) is 5.32 Å². The highest BCUT2D eigenvalue weighted by atomic mass is 16.5. The Balaban J connectivity index is 1.71. The van der Waals surface area contributed by atoms with Crippen LogP contribution in [0, 0.1) is 0 Å². The summed E-state index contributed by atoms with van der Waals surface area (Å²) in [6.07, 6.45) is 1.46. The van der Waals surface area contributed by atoms with Crippen LogP contribution in [0.1, 0.15) is 18.4 Å². The maximum absolute atomic E-state index is 10.0. The molecule has 2 N–H and O–H groups in total. The lowest BCUT2D eigenvalue weighted by Gasteiger charge is -2.24. The third-order valence-electron chi connectivity index (χ3n) is 3.92. The Hall–Kier alpha value is -1.34. The van der Waals surface area contributed by atoms with Gasteiger partial charge in [0.1, 0.15) is 11.5 Å². The van der Waals surface area contributed by atoms with E-state index in [2.05, 4.69) is 5.32 Å². The van der Waals surface area contributed by atoms with E-state index >= 15 is 0 Å². The van der Waals surface area contributed by atoms with Crippen molar-refractivity contribution in [3.05, 3.63) is 23.8 Å². The molecule has 6 heteroatoms. The van der Waals surface area contributed by atoms with Crippen molar-refractivity contribution in [2.45, 2.75) is 31.6 Å². The van der Waals surface area contributed by atoms with Gasteiger partial charge in [0, 0.05) is 31.4 Å². The number of benzene rings is 1. The van der Waals surface area contributed by atoms with Gasteiger partial charge in [-0.05, 0) is 31.0 Å². The van der Waals surface area contributed by atoms with Gasteiger partial charge < -0.3 is 29.4 Å². The van der Waals surface area contributed by atoms with Gasteiger partial charge in [0.15, 0.2) is 0 Å². The van der Waals surface area contributed by atoms with E-state index in [0.717, 1.165) is 43.1 Å². The molecule has 0 aromatic heterocycles. The van der Waals surface area contributed by atoms with Crippen LogP contribution in [0.15, 0.2) is 18.2 Å². The van der Waals surface area contributed by atoms with E-state index in [1.54, 1.807) is 14.2 Å². The van der Waals surface area contributed by atoms with Gasteiger partial charge in [-0.15, -0.1) is 0 Å². The van der Waals surface area contributed by atoms with E-state index in [1.807, 2.05) is 18.2 Å². The van der Waals surface area contributed by atoms with Crippen LogP contribution >= 0.6 is 0 Å². The standard InChI is InChI=1S/C17H27NO5/c1-20-16-3-4-17(21-2)13(9-16)11-23-12-15(19)10-18-14-5-7-22-8-6-14/h3-4,9,14-15,18-19H,5-8,10-12H2,1-2H3. The van der Waals surface area contributed by atoms with E-state index in [1.165, 1.54) is 0 Å². The molecule has 1 unspecified atom stereocenters.